The van der Waals surface area contributed by atoms with Gasteiger partial charge in [-0.25, -0.2) is 9.78 Å². The number of aryl methyl sites for hydroxylation is 1. The van der Waals surface area contributed by atoms with Gasteiger partial charge in [-0.15, -0.1) is 11.3 Å². The number of benzene rings is 1. The fraction of sp³-hybridized carbons (Fsp3) is 0.200. The van der Waals surface area contributed by atoms with Gasteiger partial charge in [-0.1, -0.05) is 17.7 Å². The maximum Gasteiger partial charge on any atom is 0.356 e. The summed E-state index contributed by atoms with van der Waals surface area (Å²) in [7, 11) is 0. The Morgan fingerprint density at radius 2 is 2.10 bits per heavy atom. The van der Waals surface area contributed by atoms with Gasteiger partial charge in [0.1, 0.15) is 0 Å². The largest absolute Gasteiger partial charge is 0.476 e. The standard InChI is InChI=1S/C15H15N3O2S/c1-3-17(11-6-4-10(2)5-7-11)13-12(14(19)20)18-8-9-21-15(18)16-13/h4-9H,3H2,1-2H3,(H,19,20). The number of thiazole rings is 1. The molecule has 2 heterocycles. The molecule has 0 saturated heterocycles. The van der Waals surface area contributed by atoms with Crippen LogP contribution in [0.15, 0.2) is 35.8 Å². The number of carboxylic acid groups (broad SMARTS) is 1. The van der Waals surface area contributed by atoms with E-state index in [1.54, 1.807) is 10.6 Å². The van der Waals surface area contributed by atoms with Gasteiger partial charge in [0, 0.05) is 23.8 Å². The Hall–Kier alpha value is -2.34. The van der Waals surface area contributed by atoms with Crippen LogP contribution in [-0.2, 0) is 0 Å². The minimum Gasteiger partial charge on any atom is -0.476 e. The highest BCUT2D eigenvalue weighted by atomic mass is 32.1. The number of hydrogen-bond acceptors (Lipinski definition) is 4. The lowest BCUT2D eigenvalue weighted by Crippen LogP contribution is -2.19. The molecule has 3 aromatic rings. The molecule has 0 fully saturated rings. The van der Waals surface area contributed by atoms with E-state index in [4.69, 9.17) is 0 Å². The zero-order valence-electron chi connectivity index (χ0n) is 11.8. The van der Waals surface area contributed by atoms with Gasteiger partial charge in [0.25, 0.3) is 0 Å². The second-order valence-corrected chi connectivity index (χ2v) is 5.60. The van der Waals surface area contributed by atoms with E-state index in [9.17, 15) is 9.90 Å². The Bertz CT molecular complexity index is 789. The molecule has 1 aromatic carbocycles. The van der Waals surface area contributed by atoms with Crippen molar-refractivity contribution >= 4 is 33.8 Å². The zero-order valence-corrected chi connectivity index (χ0v) is 12.6. The van der Waals surface area contributed by atoms with Crippen LogP contribution in [0.3, 0.4) is 0 Å². The first kappa shape index (κ1) is 13.6. The molecule has 1 N–H and O–H groups in total. The van der Waals surface area contributed by atoms with Crippen LogP contribution in [0.5, 0.6) is 0 Å². The molecule has 0 bridgehead atoms. The molecule has 2 aromatic heterocycles. The number of fused-ring (bicyclic) bond motifs is 1. The molecule has 5 nitrogen and oxygen atoms in total. The highest BCUT2D eigenvalue weighted by Gasteiger charge is 2.24. The molecule has 0 unspecified atom stereocenters. The van der Waals surface area contributed by atoms with Crippen molar-refractivity contribution in [2.75, 3.05) is 11.4 Å². The van der Waals surface area contributed by atoms with E-state index in [2.05, 4.69) is 4.98 Å². The molecule has 0 atom stereocenters. The highest BCUT2D eigenvalue weighted by Crippen LogP contribution is 2.30. The van der Waals surface area contributed by atoms with Gasteiger partial charge in [-0.05, 0) is 26.0 Å². The summed E-state index contributed by atoms with van der Waals surface area (Å²) in [6.07, 6.45) is 1.74. The summed E-state index contributed by atoms with van der Waals surface area (Å²) in [5.74, 6) is -0.484. The summed E-state index contributed by atoms with van der Waals surface area (Å²) in [6.45, 7) is 4.66. The molecule has 21 heavy (non-hydrogen) atoms. The smallest absolute Gasteiger partial charge is 0.356 e. The Balaban J connectivity index is 2.16. The van der Waals surface area contributed by atoms with Gasteiger partial charge in [0.05, 0.1) is 0 Å². The summed E-state index contributed by atoms with van der Waals surface area (Å²) in [4.78, 5) is 18.7. The van der Waals surface area contributed by atoms with Crippen molar-refractivity contribution in [3.05, 3.63) is 47.1 Å². The first-order chi connectivity index (χ1) is 10.1. The Morgan fingerprint density at radius 3 is 2.71 bits per heavy atom. The number of anilines is 2. The van der Waals surface area contributed by atoms with E-state index < -0.39 is 5.97 Å². The van der Waals surface area contributed by atoms with E-state index in [0.717, 1.165) is 5.69 Å². The number of nitrogens with zero attached hydrogens (tertiary/aromatic N) is 3. The van der Waals surface area contributed by atoms with Crippen molar-refractivity contribution < 1.29 is 9.90 Å². The highest BCUT2D eigenvalue weighted by molar-refractivity contribution is 7.15. The van der Waals surface area contributed by atoms with Gasteiger partial charge < -0.3 is 10.0 Å². The normalized spacial score (nSPS) is 11.0. The van der Waals surface area contributed by atoms with Crippen molar-refractivity contribution in [1.29, 1.82) is 0 Å². The summed E-state index contributed by atoms with van der Waals surface area (Å²) >= 11 is 1.43. The maximum absolute atomic E-state index is 11.6. The summed E-state index contributed by atoms with van der Waals surface area (Å²) < 4.78 is 1.62. The van der Waals surface area contributed by atoms with E-state index >= 15 is 0 Å². The molecule has 0 amide bonds. The summed E-state index contributed by atoms with van der Waals surface area (Å²) in [5, 5.41) is 11.4. The van der Waals surface area contributed by atoms with Gasteiger partial charge in [-0.2, -0.15) is 0 Å². The molecule has 0 radical (unpaired) electrons. The van der Waals surface area contributed by atoms with Gasteiger partial charge in [-0.3, -0.25) is 4.40 Å². The number of hydrogen-bond donors (Lipinski definition) is 1. The third kappa shape index (κ3) is 2.27. The molecule has 108 valence electrons. The van der Waals surface area contributed by atoms with Crippen molar-refractivity contribution in [1.82, 2.24) is 9.38 Å². The Labute approximate surface area is 126 Å². The molecular formula is C15H15N3O2S. The van der Waals surface area contributed by atoms with E-state index in [1.807, 2.05) is 48.4 Å². The third-order valence-electron chi connectivity index (χ3n) is 3.36. The number of carboxylic acids is 1. The van der Waals surface area contributed by atoms with Crippen molar-refractivity contribution in [3.8, 4) is 0 Å². The summed E-state index contributed by atoms with van der Waals surface area (Å²) in [5.41, 5.74) is 2.31. The second kappa shape index (κ2) is 5.21. The minimum atomic E-state index is -0.971. The molecule has 0 spiro atoms. The predicted molar refractivity (Wildman–Crippen MR) is 83.9 cm³/mol. The first-order valence-electron chi connectivity index (χ1n) is 6.65. The van der Waals surface area contributed by atoms with Crippen molar-refractivity contribution in [2.24, 2.45) is 0 Å². The monoisotopic (exact) mass is 301 g/mol. The average molecular weight is 301 g/mol. The van der Waals surface area contributed by atoms with E-state index in [1.165, 1.54) is 16.9 Å². The molecule has 3 rings (SSSR count). The molecule has 6 heteroatoms. The quantitative estimate of drug-likeness (QED) is 0.800. The van der Waals surface area contributed by atoms with Crippen LogP contribution in [0, 0.1) is 6.92 Å². The first-order valence-corrected chi connectivity index (χ1v) is 7.53. The average Bonchev–Trinajstić information content (AvgIpc) is 3.01. The molecule has 0 saturated carbocycles. The second-order valence-electron chi connectivity index (χ2n) is 4.72. The fourth-order valence-corrected chi connectivity index (χ4v) is 3.05. The van der Waals surface area contributed by atoms with Crippen molar-refractivity contribution in [2.45, 2.75) is 13.8 Å². The van der Waals surface area contributed by atoms with Crippen LogP contribution < -0.4 is 4.90 Å². The molecular weight excluding hydrogens is 286 g/mol. The van der Waals surface area contributed by atoms with E-state index in [-0.39, 0.29) is 5.69 Å². The number of carbonyl (C=O) groups is 1. The lowest BCUT2D eigenvalue weighted by Gasteiger charge is -2.21. The zero-order chi connectivity index (χ0) is 15.0. The number of aromatic carboxylic acids is 1. The number of aromatic nitrogens is 2. The lowest BCUT2D eigenvalue weighted by atomic mass is 10.2. The van der Waals surface area contributed by atoms with Crippen LogP contribution in [-0.4, -0.2) is 27.0 Å². The maximum atomic E-state index is 11.6. The third-order valence-corrected chi connectivity index (χ3v) is 4.12. The minimum absolute atomic E-state index is 0.202. The van der Waals surface area contributed by atoms with Crippen molar-refractivity contribution in [3.63, 3.8) is 0 Å². The summed E-state index contributed by atoms with van der Waals surface area (Å²) in [6, 6.07) is 7.99. The Morgan fingerprint density at radius 1 is 1.38 bits per heavy atom. The SMILES string of the molecule is CCN(c1ccc(C)cc1)c1nc2sccn2c1C(=O)O. The van der Waals surface area contributed by atoms with Gasteiger partial charge in [0.15, 0.2) is 16.5 Å². The molecule has 0 aliphatic heterocycles. The van der Waals surface area contributed by atoms with Crippen LogP contribution in [0.4, 0.5) is 11.5 Å². The lowest BCUT2D eigenvalue weighted by molar-refractivity contribution is 0.0690. The van der Waals surface area contributed by atoms with Crippen LogP contribution in [0.1, 0.15) is 23.0 Å². The van der Waals surface area contributed by atoms with Crippen LogP contribution in [0.2, 0.25) is 0 Å². The topological polar surface area (TPSA) is 57.8 Å². The van der Waals surface area contributed by atoms with Crippen LogP contribution >= 0.6 is 11.3 Å². The number of rotatable bonds is 4. The fourth-order valence-electron chi connectivity index (χ4n) is 2.34. The molecule has 0 aliphatic rings. The molecule has 0 aliphatic carbocycles. The van der Waals surface area contributed by atoms with Gasteiger partial charge >= 0.3 is 5.97 Å². The number of imidazole rings is 1. The Kier molecular flexibility index (Phi) is 3.39. The van der Waals surface area contributed by atoms with E-state index in [0.29, 0.717) is 17.3 Å². The predicted octanol–water partition coefficient (Wildman–Crippen LogP) is 3.56. The van der Waals surface area contributed by atoms with Gasteiger partial charge in [0.2, 0.25) is 0 Å². The van der Waals surface area contributed by atoms with Crippen LogP contribution in [0.25, 0.3) is 4.96 Å².